The van der Waals surface area contributed by atoms with Crippen molar-refractivity contribution in [1.29, 1.82) is 0 Å². The van der Waals surface area contributed by atoms with Crippen molar-refractivity contribution in [3.05, 3.63) is 54.6 Å². The Morgan fingerprint density at radius 3 is 2.08 bits per heavy atom. The number of rotatable bonds is 10. The van der Waals surface area contributed by atoms with E-state index in [1.54, 1.807) is 12.1 Å². The van der Waals surface area contributed by atoms with Gasteiger partial charge in [0.1, 0.15) is 0 Å². The molecule has 0 amide bonds. The van der Waals surface area contributed by atoms with E-state index in [2.05, 4.69) is 23.5 Å². The van der Waals surface area contributed by atoms with Crippen molar-refractivity contribution < 1.29 is 8.42 Å². The van der Waals surface area contributed by atoms with Crippen LogP contribution in [0.25, 0.3) is 11.1 Å². The molecule has 26 heavy (non-hydrogen) atoms. The Morgan fingerprint density at radius 1 is 0.923 bits per heavy atom. The molecule has 0 bridgehead atoms. The highest BCUT2D eigenvalue weighted by Gasteiger charge is 2.17. The fraction of sp³-hybridized carbons (Fsp3) is 0.429. The van der Waals surface area contributed by atoms with Gasteiger partial charge in [0.2, 0.25) is 10.0 Å². The fourth-order valence-electron chi connectivity index (χ4n) is 3.01. The highest BCUT2D eigenvalue weighted by Crippen LogP contribution is 2.21. The maximum absolute atomic E-state index is 12.6. The Morgan fingerprint density at radius 2 is 1.50 bits per heavy atom. The first-order valence-corrected chi connectivity index (χ1v) is 10.8. The summed E-state index contributed by atoms with van der Waals surface area (Å²) in [6, 6.07) is 16.9. The molecule has 2 rings (SSSR count). The van der Waals surface area contributed by atoms with Crippen LogP contribution in [-0.4, -0.2) is 39.0 Å². The van der Waals surface area contributed by atoms with Crippen molar-refractivity contribution in [3.8, 4) is 11.1 Å². The Balaban J connectivity index is 1.94. The second-order valence-electron chi connectivity index (χ2n) is 6.58. The van der Waals surface area contributed by atoms with Gasteiger partial charge in [-0.05, 0) is 62.7 Å². The van der Waals surface area contributed by atoms with E-state index in [1.165, 1.54) is 0 Å². The third kappa shape index (κ3) is 5.94. The second kappa shape index (κ2) is 9.86. The number of hydrogen-bond acceptors (Lipinski definition) is 3. The van der Waals surface area contributed by atoms with E-state index in [0.717, 1.165) is 43.6 Å². The molecule has 0 heterocycles. The van der Waals surface area contributed by atoms with Gasteiger partial charge in [0.15, 0.2) is 0 Å². The lowest BCUT2D eigenvalue weighted by molar-refractivity contribution is 0.293. The lowest BCUT2D eigenvalue weighted by Gasteiger charge is -2.19. The molecule has 0 radical (unpaired) electrons. The van der Waals surface area contributed by atoms with Crippen molar-refractivity contribution in [2.24, 2.45) is 0 Å². The molecule has 1 atom stereocenters. The van der Waals surface area contributed by atoms with Crippen molar-refractivity contribution in [2.75, 3.05) is 19.6 Å². The van der Waals surface area contributed by atoms with Crippen molar-refractivity contribution in [1.82, 2.24) is 9.62 Å². The van der Waals surface area contributed by atoms with Crippen LogP contribution in [0.4, 0.5) is 0 Å². The summed E-state index contributed by atoms with van der Waals surface area (Å²) in [7, 11) is -3.48. The number of benzene rings is 2. The van der Waals surface area contributed by atoms with E-state index in [-0.39, 0.29) is 6.04 Å². The number of nitrogens with one attached hydrogen (secondary N) is 1. The number of hydrogen-bond donors (Lipinski definition) is 1. The predicted molar refractivity (Wildman–Crippen MR) is 109 cm³/mol. The quantitative estimate of drug-likeness (QED) is 0.680. The lowest BCUT2D eigenvalue weighted by Crippen LogP contribution is -2.33. The zero-order valence-corrected chi connectivity index (χ0v) is 16.8. The van der Waals surface area contributed by atoms with E-state index in [4.69, 9.17) is 0 Å². The zero-order valence-electron chi connectivity index (χ0n) is 16.0. The van der Waals surface area contributed by atoms with Crippen LogP contribution in [-0.2, 0) is 10.0 Å². The molecule has 0 aliphatic rings. The van der Waals surface area contributed by atoms with Gasteiger partial charge >= 0.3 is 0 Å². The van der Waals surface area contributed by atoms with Crippen LogP contribution in [0.1, 0.15) is 33.6 Å². The molecule has 0 fully saturated rings. The van der Waals surface area contributed by atoms with Crippen LogP contribution >= 0.6 is 0 Å². The summed E-state index contributed by atoms with van der Waals surface area (Å²) in [6.07, 6.45) is 1.82. The third-order valence-corrected chi connectivity index (χ3v) is 6.24. The zero-order chi connectivity index (χ0) is 19.0. The first-order chi connectivity index (χ1) is 12.5. The van der Waals surface area contributed by atoms with E-state index in [9.17, 15) is 8.42 Å². The maximum atomic E-state index is 12.6. The van der Waals surface area contributed by atoms with Crippen LogP contribution in [0.3, 0.4) is 0 Å². The van der Waals surface area contributed by atoms with Gasteiger partial charge in [-0.25, -0.2) is 13.1 Å². The molecule has 2 aromatic rings. The molecule has 5 heteroatoms. The summed E-state index contributed by atoms with van der Waals surface area (Å²) >= 11 is 0. The number of sulfonamides is 1. The van der Waals surface area contributed by atoms with Crippen LogP contribution in [0.5, 0.6) is 0 Å². The molecule has 0 saturated carbocycles. The van der Waals surface area contributed by atoms with Gasteiger partial charge in [0.05, 0.1) is 4.90 Å². The Bertz CT molecular complexity index is 754. The Labute approximate surface area is 158 Å². The van der Waals surface area contributed by atoms with Crippen molar-refractivity contribution in [2.45, 2.75) is 44.6 Å². The SMILES string of the molecule is CCN(CC)CCCC(C)NS(=O)(=O)c1ccc(-c2ccccc2)cc1. The molecule has 1 N–H and O–H groups in total. The topological polar surface area (TPSA) is 49.4 Å². The standard InChI is InChI=1S/C21H30N2O2S/c1-4-23(5-2)17-9-10-18(3)22-26(24,25)21-15-13-20(14-16-21)19-11-7-6-8-12-19/h6-8,11-16,18,22H,4-5,9-10,17H2,1-3H3. The van der Waals surface area contributed by atoms with E-state index < -0.39 is 10.0 Å². The van der Waals surface area contributed by atoms with Gasteiger partial charge in [-0.1, -0.05) is 56.3 Å². The summed E-state index contributed by atoms with van der Waals surface area (Å²) in [5, 5.41) is 0. The molecule has 0 aliphatic carbocycles. The number of nitrogens with zero attached hydrogens (tertiary/aromatic N) is 1. The Kier molecular flexibility index (Phi) is 7.82. The van der Waals surface area contributed by atoms with Crippen LogP contribution < -0.4 is 4.72 Å². The summed E-state index contributed by atoms with van der Waals surface area (Å²) in [6.45, 7) is 9.29. The first kappa shape index (κ1) is 20.6. The van der Waals surface area contributed by atoms with E-state index in [1.807, 2.05) is 49.4 Å². The van der Waals surface area contributed by atoms with Gasteiger partial charge in [0.25, 0.3) is 0 Å². The maximum Gasteiger partial charge on any atom is 0.240 e. The monoisotopic (exact) mass is 374 g/mol. The van der Waals surface area contributed by atoms with Gasteiger partial charge in [-0.15, -0.1) is 0 Å². The highest BCUT2D eigenvalue weighted by atomic mass is 32.2. The molecular formula is C21H30N2O2S. The molecule has 0 aliphatic heterocycles. The van der Waals surface area contributed by atoms with Gasteiger partial charge < -0.3 is 4.90 Å². The minimum atomic E-state index is -3.48. The second-order valence-corrected chi connectivity index (χ2v) is 8.30. The Hall–Kier alpha value is -1.69. The summed E-state index contributed by atoms with van der Waals surface area (Å²) in [5.74, 6) is 0. The summed E-state index contributed by atoms with van der Waals surface area (Å²) in [5.41, 5.74) is 2.09. The normalized spacial score (nSPS) is 13.1. The van der Waals surface area contributed by atoms with Gasteiger partial charge in [0, 0.05) is 6.04 Å². The predicted octanol–water partition coefficient (Wildman–Crippen LogP) is 4.14. The van der Waals surface area contributed by atoms with Crippen molar-refractivity contribution in [3.63, 3.8) is 0 Å². The first-order valence-electron chi connectivity index (χ1n) is 9.36. The molecule has 0 saturated heterocycles. The largest absolute Gasteiger partial charge is 0.304 e. The molecular weight excluding hydrogens is 344 g/mol. The van der Waals surface area contributed by atoms with Crippen molar-refractivity contribution >= 4 is 10.0 Å². The lowest BCUT2D eigenvalue weighted by atomic mass is 10.1. The minimum absolute atomic E-state index is 0.0793. The fourth-order valence-corrected chi connectivity index (χ4v) is 4.29. The molecule has 1 unspecified atom stereocenters. The van der Waals surface area contributed by atoms with Gasteiger partial charge in [-0.3, -0.25) is 0 Å². The highest BCUT2D eigenvalue weighted by molar-refractivity contribution is 7.89. The molecule has 2 aromatic carbocycles. The summed E-state index contributed by atoms with van der Waals surface area (Å²) < 4.78 is 28.0. The van der Waals surface area contributed by atoms with Crippen LogP contribution in [0.2, 0.25) is 0 Å². The molecule has 4 nitrogen and oxygen atoms in total. The average molecular weight is 375 g/mol. The summed E-state index contributed by atoms with van der Waals surface area (Å²) in [4.78, 5) is 2.66. The molecule has 0 spiro atoms. The van der Waals surface area contributed by atoms with E-state index in [0.29, 0.717) is 4.90 Å². The van der Waals surface area contributed by atoms with Gasteiger partial charge in [-0.2, -0.15) is 0 Å². The van der Waals surface area contributed by atoms with E-state index >= 15 is 0 Å². The molecule has 142 valence electrons. The third-order valence-electron chi connectivity index (χ3n) is 4.63. The van der Waals surface area contributed by atoms with Crippen LogP contribution in [0.15, 0.2) is 59.5 Å². The van der Waals surface area contributed by atoms with Crippen LogP contribution in [0, 0.1) is 0 Å². The minimum Gasteiger partial charge on any atom is -0.304 e. The average Bonchev–Trinajstić information content (AvgIpc) is 2.66. The molecule has 0 aromatic heterocycles. The smallest absolute Gasteiger partial charge is 0.240 e.